The van der Waals surface area contributed by atoms with Gasteiger partial charge < -0.3 is 25.8 Å². The number of nitrogen functional groups attached to an aromatic ring is 1. The molecule has 13 heteroatoms. The standard InChI is InChI=1S/C17H17Cl2N5O6/c18-7-2-1-6(3-8(7)19)4-23-10-13(21-16(20)22-14(10)28)24(17(23)29)15-12(27)11(26)9(5-25)30-15/h1-3,9,11-12,15,25-27H,4-5H2,(H3,20,21,22,28)/t9?,11-,12-,15?/m1/s1. The zero-order chi connectivity index (χ0) is 21.7. The van der Waals surface area contributed by atoms with E-state index in [1.165, 1.54) is 0 Å². The van der Waals surface area contributed by atoms with Gasteiger partial charge in [-0.15, -0.1) is 0 Å². The number of aliphatic hydroxyl groups is 3. The molecule has 0 bridgehead atoms. The minimum atomic E-state index is -1.55. The van der Waals surface area contributed by atoms with Gasteiger partial charge in [0, 0.05) is 0 Å². The molecule has 0 spiro atoms. The summed E-state index contributed by atoms with van der Waals surface area (Å²) in [4.78, 5) is 32.2. The molecule has 0 aliphatic carbocycles. The number of aromatic amines is 1. The van der Waals surface area contributed by atoms with Crippen LogP contribution < -0.4 is 17.0 Å². The Kier molecular flexibility index (Phi) is 5.34. The highest BCUT2D eigenvalue weighted by Crippen LogP contribution is 2.30. The summed E-state index contributed by atoms with van der Waals surface area (Å²) in [6, 6.07) is 4.73. The Hall–Kier alpha value is -2.41. The second-order valence-electron chi connectivity index (χ2n) is 6.84. The minimum Gasteiger partial charge on any atom is -0.394 e. The van der Waals surface area contributed by atoms with Crippen LogP contribution in [0.3, 0.4) is 0 Å². The monoisotopic (exact) mass is 457 g/mol. The average molecular weight is 458 g/mol. The molecule has 0 saturated carbocycles. The van der Waals surface area contributed by atoms with Crippen molar-refractivity contribution in [1.82, 2.24) is 19.1 Å². The van der Waals surface area contributed by atoms with Crippen molar-refractivity contribution in [2.45, 2.75) is 31.1 Å². The van der Waals surface area contributed by atoms with E-state index >= 15 is 0 Å². The fourth-order valence-corrected chi connectivity index (χ4v) is 3.81. The SMILES string of the molecule is Nc1nc2c(c(=O)[nH]1)n(Cc1ccc(Cl)c(Cl)c1)c(=O)n2C1OC(CO)[C@@H](O)[C@H]1O. The Balaban J connectivity index is 1.92. The molecule has 1 saturated heterocycles. The summed E-state index contributed by atoms with van der Waals surface area (Å²) < 4.78 is 7.51. The van der Waals surface area contributed by atoms with Gasteiger partial charge in [-0.3, -0.25) is 14.3 Å². The van der Waals surface area contributed by atoms with Crippen LogP contribution in [0.15, 0.2) is 27.8 Å². The number of benzene rings is 1. The highest BCUT2D eigenvalue weighted by molar-refractivity contribution is 6.42. The Bertz CT molecular complexity index is 1240. The van der Waals surface area contributed by atoms with E-state index in [1.807, 2.05) is 0 Å². The lowest BCUT2D eigenvalue weighted by Crippen LogP contribution is -2.36. The lowest BCUT2D eigenvalue weighted by molar-refractivity contribution is -0.0527. The molecule has 1 fully saturated rings. The highest BCUT2D eigenvalue weighted by atomic mass is 35.5. The summed E-state index contributed by atoms with van der Waals surface area (Å²) >= 11 is 12.0. The van der Waals surface area contributed by atoms with Gasteiger partial charge in [0.05, 0.1) is 23.2 Å². The quantitative estimate of drug-likeness (QED) is 0.347. The lowest BCUT2D eigenvalue weighted by atomic mass is 10.1. The number of nitrogens with two attached hydrogens (primary N) is 1. The molecule has 2 unspecified atom stereocenters. The van der Waals surface area contributed by atoms with Gasteiger partial charge in [-0.05, 0) is 17.7 Å². The van der Waals surface area contributed by atoms with Crippen LogP contribution in [0.25, 0.3) is 11.2 Å². The van der Waals surface area contributed by atoms with E-state index in [4.69, 9.17) is 33.7 Å². The number of nitrogens with zero attached hydrogens (tertiary/aromatic N) is 3. The molecule has 0 radical (unpaired) electrons. The van der Waals surface area contributed by atoms with E-state index in [1.54, 1.807) is 18.2 Å². The molecule has 1 aromatic carbocycles. The van der Waals surface area contributed by atoms with Gasteiger partial charge in [-0.1, -0.05) is 29.3 Å². The number of anilines is 1. The fourth-order valence-electron chi connectivity index (χ4n) is 3.49. The summed E-state index contributed by atoms with van der Waals surface area (Å²) in [5.74, 6) is -0.250. The molecular formula is C17H17Cl2N5O6. The fraction of sp³-hybridized carbons (Fsp3) is 0.353. The number of imidazole rings is 1. The Morgan fingerprint density at radius 1 is 1.20 bits per heavy atom. The molecule has 1 aliphatic rings. The topological polar surface area (TPSA) is 169 Å². The van der Waals surface area contributed by atoms with Gasteiger partial charge in [-0.25, -0.2) is 9.36 Å². The predicted molar refractivity (Wildman–Crippen MR) is 108 cm³/mol. The molecule has 3 heterocycles. The average Bonchev–Trinajstić information content (AvgIpc) is 3.12. The number of H-pyrrole nitrogens is 1. The maximum atomic E-state index is 13.2. The molecule has 3 aromatic rings. The zero-order valence-electron chi connectivity index (χ0n) is 15.2. The van der Waals surface area contributed by atoms with Gasteiger partial charge >= 0.3 is 5.69 Å². The number of halogens is 2. The summed E-state index contributed by atoms with van der Waals surface area (Å²) in [5, 5.41) is 30.4. The molecule has 11 nitrogen and oxygen atoms in total. The molecule has 1 aliphatic heterocycles. The number of aliphatic hydroxyl groups excluding tert-OH is 3. The van der Waals surface area contributed by atoms with Crippen molar-refractivity contribution in [2.75, 3.05) is 12.3 Å². The first kappa shape index (κ1) is 20.8. The Morgan fingerprint density at radius 3 is 2.57 bits per heavy atom. The van der Waals surface area contributed by atoms with Gasteiger partial charge in [0.2, 0.25) is 5.95 Å². The van der Waals surface area contributed by atoms with Crippen LogP contribution in [-0.2, 0) is 11.3 Å². The summed E-state index contributed by atoms with van der Waals surface area (Å²) in [6.45, 7) is -0.649. The third kappa shape index (κ3) is 3.29. The van der Waals surface area contributed by atoms with Crippen LogP contribution in [0.5, 0.6) is 0 Å². The van der Waals surface area contributed by atoms with Crippen LogP contribution in [0.4, 0.5) is 5.95 Å². The van der Waals surface area contributed by atoms with Crippen molar-refractivity contribution in [1.29, 1.82) is 0 Å². The van der Waals surface area contributed by atoms with Crippen molar-refractivity contribution in [3.63, 3.8) is 0 Å². The second kappa shape index (κ2) is 7.69. The minimum absolute atomic E-state index is 0.0668. The van der Waals surface area contributed by atoms with E-state index in [0.717, 1.165) is 9.13 Å². The largest absolute Gasteiger partial charge is 0.394 e. The van der Waals surface area contributed by atoms with Gasteiger partial charge in [0.25, 0.3) is 5.56 Å². The zero-order valence-corrected chi connectivity index (χ0v) is 16.7. The molecule has 160 valence electrons. The maximum Gasteiger partial charge on any atom is 0.333 e. The van der Waals surface area contributed by atoms with Crippen LogP contribution in [0.1, 0.15) is 11.8 Å². The van der Waals surface area contributed by atoms with Crippen LogP contribution in [-0.4, -0.2) is 59.3 Å². The number of fused-ring (bicyclic) bond motifs is 1. The molecule has 4 atom stereocenters. The smallest absolute Gasteiger partial charge is 0.333 e. The molecule has 30 heavy (non-hydrogen) atoms. The third-order valence-electron chi connectivity index (χ3n) is 4.93. The highest BCUT2D eigenvalue weighted by Gasteiger charge is 2.45. The third-order valence-corrected chi connectivity index (χ3v) is 5.67. The first-order chi connectivity index (χ1) is 14.2. The summed E-state index contributed by atoms with van der Waals surface area (Å²) in [6.07, 6.45) is -5.51. The van der Waals surface area contributed by atoms with Gasteiger partial charge in [0.1, 0.15) is 18.3 Å². The molecule has 0 amide bonds. The maximum absolute atomic E-state index is 13.2. The van der Waals surface area contributed by atoms with Gasteiger partial charge in [-0.2, -0.15) is 4.98 Å². The Morgan fingerprint density at radius 2 is 1.93 bits per heavy atom. The normalized spacial score (nSPS) is 24.0. The summed E-state index contributed by atoms with van der Waals surface area (Å²) in [5.41, 5.74) is 4.54. The number of ether oxygens (including phenoxy) is 1. The van der Waals surface area contributed by atoms with E-state index in [-0.39, 0.29) is 28.7 Å². The first-order valence-electron chi connectivity index (χ1n) is 8.79. The van der Waals surface area contributed by atoms with E-state index in [2.05, 4.69) is 9.97 Å². The van der Waals surface area contributed by atoms with Crippen molar-refractivity contribution in [3.05, 3.63) is 54.6 Å². The lowest BCUT2D eigenvalue weighted by Gasteiger charge is -2.15. The van der Waals surface area contributed by atoms with Crippen LogP contribution in [0, 0.1) is 0 Å². The Labute approximate surface area is 177 Å². The van der Waals surface area contributed by atoms with Crippen LogP contribution >= 0.6 is 23.2 Å². The first-order valence-corrected chi connectivity index (χ1v) is 9.55. The number of nitrogens with one attached hydrogen (secondary N) is 1. The number of aromatic nitrogens is 4. The van der Waals surface area contributed by atoms with E-state index < -0.39 is 42.4 Å². The van der Waals surface area contributed by atoms with Crippen molar-refractivity contribution < 1.29 is 20.1 Å². The van der Waals surface area contributed by atoms with Crippen molar-refractivity contribution >= 4 is 40.3 Å². The molecular weight excluding hydrogens is 441 g/mol. The van der Waals surface area contributed by atoms with Crippen molar-refractivity contribution in [3.8, 4) is 0 Å². The molecule has 6 N–H and O–H groups in total. The van der Waals surface area contributed by atoms with Gasteiger partial charge in [0.15, 0.2) is 17.4 Å². The molecule has 4 rings (SSSR count). The number of hydrogen-bond acceptors (Lipinski definition) is 8. The number of hydrogen-bond donors (Lipinski definition) is 5. The predicted octanol–water partition coefficient (Wildman–Crippen LogP) is -0.565. The van der Waals surface area contributed by atoms with Crippen LogP contribution in [0.2, 0.25) is 10.0 Å². The summed E-state index contributed by atoms with van der Waals surface area (Å²) in [7, 11) is 0. The van der Waals surface area contributed by atoms with E-state index in [0.29, 0.717) is 10.6 Å². The van der Waals surface area contributed by atoms with Crippen molar-refractivity contribution in [2.24, 2.45) is 0 Å². The molecule has 2 aromatic heterocycles. The number of rotatable bonds is 4. The van der Waals surface area contributed by atoms with E-state index in [9.17, 15) is 24.9 Å². The second-order valence-corrected chi connectivity index (χ2v) is 7.65.